The largest absolute Gasteiger partial charge is 0.632 e. The molecular formula is C20H31NO8. The molecule has 1 fully saturated rings. The summed E-state index contributed by atoms with van der Waals surface area (Å²) in [4.78, 5) is 24.6. The fraction of sp³-hybridized carbons (Fsp3) is 0.700. The average molecular weight is 413 g/mol. The van der Waals surface area contributed by atoms with E-state index < -0.39 is 46.0 Å². The highest BCUT2D eigenvalue weighted by Gasteiger charge is 2.55. The molecule has 5 atom stereocenters. The van der Waals surface area contributed by atoms with Gasteiger partial charge >= 0.3 is 11.9 Å². The van der Waals surface area contributed by atoms with E-state index in [1.54, 1.807) is 26.0 Å². The second-order valence-electron chi connectivity index (χ2n) is 8.36. The second kappa shape index (κ2) is 8.16. The molecule has 0 aromatic rings. The van der Waals surface area contributed by atoms with Crippen LogP contribution in [-0.2, 0) is 19.1 Å². The summed E-state index contributed by atoms with van der Waals surface area (Å²) in [7, 11) is 0. The minimum Gasteiger partial charge on any atom is -0.632 e. The van der Waals surface area contributed by atoms with Gasteiger partial charge in [-0.05, 0) is 40.7 Å². The summed E-state index contributed by atoms with van der Waals surface area (Å²) in [6.45, 7) is 7.00. The third-order valence-corrected chi connectivity index (χ3v) is 5.93. The normalized spacial score (nSPS) is 30.2. The van der Waals surface area contributed by atoms with E-state index in [4.69, 9.17) is 9.47 Å². The molecule has 2 aliphatic rings. The number of quaternary nitrogens is 1. The van der Waals surface area contributed by atoms with Crippen LogP contribution in [0.4, 0.5) is 0 Å². The van der Waals surface area contributed by atoms with Crippen molar-refractivity contribution in [3.8, 4) is 0 Å². The van der Waals surface area contributed by atoms with Crippen LogP contribution in [0.25, 0.3) is 0 Å². The van der Waals surface area contributed by atoms with E-state index in [-0.39, 0.29) is 19.7 Å². The van der Waals surface area contributed by atoms with Crippen LogP contribution in [0.1, 0.15) is 41.0 Å². The van der Waals surface area contributed by atoms with Crippen molar-refractivity contribution in [1.29, 1.82) is 0 Å². The lowest BCUT2D eigenvalue weighted by molar-refractivity contribution is -0.877. The Morgan fingerprint density at radius 3 is 2.55 bits per heavy atom. The lowest BCUT2D eigenvalue weighted by atomic mass is 9.81. The molecule has 0 amide bonds. The highest BCUT2D eigenvalue weighted by Crippen LogP contribution is 2.38. The average Bonchev–Trinajstić information content (AvgIpc) is 3.12. The maximum Gasteiger partial charge on any atom is 0.344 e. The monoisotopic (exact) mass is 413 g/mol. The highest BCUT2D eigenvalue weighted by molar-refractivity contribution is 5.87. The minimum absolute atomic E-state index is 0.167. The van der Waals surface area contributed by atoms with E-state index in [1.807, 2.05) is 0 Å². The Bertz CT molecular complexity index is 722. The Balaban J connectivity index is 2.13. The molecule has 9 nitrogen and oxygen atoms in total. The van der Waals surface area contributed by atoms with Crippen molar-refractivity contribution in [2.24, 2.45) is 0 Å². The fourth-order valence-electron chi connectivity index (χ4n) is 3.89. The van der Waals surface area contributed by atoms with Gasteiger partial charge in [-0.2, -0.15) is 0 Å². The first-order valence-corrected chi connectivity index (χ1v) is 9.68. The number of carbonyl (C=O) groups is 2. The lowest BCUT2D eigenvalue weighted by Gasteiger charge is -2.41. The molecule has 0 spiro atoms. The zero-order valence-electron chi connectivity index (χ0n) is 17.5. The zero-order valence-corrected chi connectivity index (χ0v) is 17.5. The molecule has 1 unspecified atom stereocenters. The third-order valence-electron chi connectivity index (χ3n) is 5.93. The van der Waals surface area contributed by atoms with Crippen molar-refractivity contribution in [2.45, 2.75) is 70.5 Å². The number of aliphatic hydroxyl groups is 3. The fourth-order valence-corrected chi connectivity index (χ4v) is 3.89. The van der Waals surface area contributed by atoms with Gasteiger partial charge < -0.3 is 34.6 Å². The Hall–Kier alpha value is -1.78. The van der Waals surface area contributed by atoms with Gasteiger partial charge in [-0.3, -0.25) is 0 Å². The van der Waals surface area contributed by atoms with Crippen LogP contribution in [0.5, 0.6) is 0 Å². The summed E-state index contributed by atoms with van der Waals surface area (Å²) in [6, 6.07) is -0.696. The van der Waals surface area contributed by atoms with Gasteiger partial charge in [0.2, 0.25) is 5.60 Å². The predicted molar refractivity (Wildman–Crippen MR) is 103 cm³/mol. The van der Waals surface area contributed by atoms with Crippen molar-refractivity contribution >= 4 is 11.9 Å². The van der Waals surface area contributed by atoms with Gasteiger partial charge in [-0.1, -0.05) is 6.08 Å². The van der Waals surface area contributed by atoms with E-state index in [0.29, 0.717) is 17.6 Å². The topological polar surface area (TPSA) is 136 Å². The number of ether oxygens (including phenoxy) is 2. The number of hydroxylamine groups is 3. The predicted octanol–water partition coefficient (Wildman–Crippen LogP) is 0.317. The maximum absolute atomic E-state index is 13.0. The number of nitrogens with zero attached hydrogens (tertiary/aromatic N) is 1. The van der Waals surface area contributed by atoms with E-state index in [2.05, 4.69) is 0 Å². The molecule has 0 radical (unpaired) electrons. The summed E-state index contributed by atoms with van der Waals surface area (Å²) in [5, 5.41) is 43.5. The van der Waals surface area contributed by atoms with Gasteiger partial charge in [0, 0.05) is 17.6 Å². The van der Waals surface area contributed by atoms with Crippen molar-refractivity contribution in [3.05, 3.63) is 28.5 Å². The molecule has 2 aliphatic heterocycles. The van der Waals surface area contributed by atoms with Crippen LogP contribution >= 0.6 is 0 Å². The second-order valence-corrected chi connectivity index (χ2v) is 8.36. The van der Waals surface area contributed by atoms with Gasteiger partial charge in [-0.25, -0.2) is 9.59 Å². The molecule has 0 aromatic heterocycles. The number of esters is 2. The van der Waals surface area contributed by atoms with Crippen molar-refractivity contribution in [3.63, 3.8) is 0 Å². The van der Waals surface area contributed by atoms with Crippen molar-refractivity contribution in [1.82, 2.24) is 0 Å². The molecule has 0 saturated carbocycles. The molecule has 0 aliphatic carbocycles. The van der Waals surface area contributed by atoms with Crippen molar-refractivity contribution in [2.75, 3.05) is 19.7 Å². The molecule has 9 heteroatoms. The summed E-state index contributed by atoms with van der Waals surface area (Å²) >= 11 is 0. The number of fused-ring (bicyclic) bond motifs is 1. The van der Waals surface area contributed by atoms with Gasteiger partial charge in [0.1, 0.15) is 12.2 Å². The molecule has 29 heavy (non-hydrogen) atoms. The molecule has 0 aromatic carbocycles. The first-order valence-electron chi connectivity index (χ1n) is 9.68. The number of rotatable bonds is 7. The first-order chi connectivity index (χ1) is 13.3. The van der Waals surface area contributed by atoms with E-state index >= 15 is 0 Å². The van der Waals surface area contributed by atoms with Gasteiger partial charge in [0.15, 0.2) is 12.1 Å². The number of allylic oxidation sites excluding steroid dienone is 1. The van der Waals surface area contributed by atoms with Crippen LogP contribution in [0.3, 0.4) is 0 Å². The third kappa shape index (κ3) is 4.24. The molecule has 2 heterocycles. The molecule has 3 N–H and O–H groups in total. The number of hydrogen-bond acceptors (Lipinski definition) is 8. The molecule has 0 bridgehead atoms. The highest BCUT2D eigenvalue weighted by atomic mass is 16.6. The van der Waals surface area contributed by atoms with Gasteiger partial charge in [0.05, 0.1) is 19.2 Å². The summed E-state index contributed by atoms with van der Waals surface area (Å²) in [6.07, 6.45) is 1.43. The van der Waals surface area contributed by atoms with Crippen molar-refractivity contribution < 1.29 is 39.0 Å². The minimum atomic E-state index is -2.54. The Morgan fingerprint density at radius 2 is 2.03 bits per heavy atom. The molecular weight excluding hydrogens is 382 g/mol. The van der Waals surface area contributed by atoms with E-state index in [9.17, 15) is 30.1 Å². The van der Waals surface area contributed by atoms with E-state index in [1.165, 1.54) is 20.8 Å². The molecule has 164 valence electrons. The molecule has 2 rings (SSSR count). The smallest absolute Gasteiger partial charge is 0.344 e. The first kappa shape index (κ1) is 23.5. The summed E-state index contributed by atoms with van der Waals surface area (Å²) < 4.78 is 10.1. The van der Waals surface area contributed by atoms with Crippen LogP contribution in [0, 0.1) is 5.21 Å². The zero-order chi connectivity index (χ0) is 22.2. The number of aliphatic hydroxyl groups excluding tert-OH is 1. The van der Waals surface area contributed by atoms with Crippen LogP contribution < -0.4 is 0 Å². The Kier molecular flexibility index (Phi) is 6.61. The Labute approximate surface area is 170 Å². The Morgan fingerprint density at radius 1 is 1.41 bits per heavy atom. The lowest BCUT2D eigenvalue weighted by Crippen LogP contribution is -2.63. The summed E-state index contributed by atoms with van der Waals surface area (Å²) in [5.74, 6) is -1.70. The van der Waals surface area contributed by atoms with Gasteiger partial charge in [-0.15, -0.1) is 0 Å². The van der Waals surface area contributed by atoms with Gasteiger partial charge in [0.25, 0.3) is 0 Å². The number of hydrogen-bond donors (Lipinski definition) is 3. The van der Waals surface area contributed by atoms with Crippen LogP contribution in [0.2, 0.25) is 0 Å². The van der Waals surface area contributed by atoms with E-state index in [0.717, 1.165) is 0 Å². The SMILES string of the molecule is C/C=C(/C)C(=O)O[C@@H]1CC[N+]2([O-])CC=C(COC(=O)[C@@](O)([C@H](C)O)C(C)(C)O)[C@H]12. The standard InChI is InChI=1S/C20H31NO8/c1-6-12(2)17(23)29-15-8-10-21(27)9-7-14(16(15)21)11-28-18(24)20(26,13(3)22)19(4,5)25/h6-7,13,15-16,22,25-26H,8-11H2,1-5H3/b12-6-/t13-,15+,16+,20-,21?/m0/s1. The van der Waals surface area contributed by atoms with Crippen LogP contribution in [-0.4, -0.2) is 81.1 Å². The van der Waals surface area contributed by atoms with Crippen LogP contribution in [0.15, 0.2) is 23.3 Å². The quantitative estimate of drug-likeness (QED) is 0.178. The maximum atomic E-state index is 13.0. The number of carbonyl (C=O) groups excluding carboxylic acids is 2. The molecule has 1 saturated heterocycles. The summed E-state index contributed by atoms with van der Waals surface area (Å²) in [5.41, 5.74) is -3.58.